The molecule has 0 spiro atoms. The molecule has 1 heterocycles. The van der Waals surface area contributed by atoms with Gasteiger partial charge in [-0.15, -0.1) is 0 Å². The van der Waals surface area contributed by atoms with Crippen molar-refractivity contribution in [2.45, 2.75) is 51.4 Å². The molecule has 0 N–H and O–H groups in total. The molecule has 0 bridgehead atoms. The lowest BCUT2D eigenvalue weighted by atomic mass is 9.77. The van der Waals surface area contributed by atoms with Gasteiger partial charge in [-0.3, -0.25) is 0 Å². The molecule has 1 aliphatic rings. The molecule has 1 aromatic heterocycles. The van der Waals surface area contributed by atoms with Gasteiger partial charge in [-0.25, -0.2) is 9.18 Å². The third-order valence-corrected chi connectivity index (χ3v) is 5.22. The summed E-state index contributed by atoms with van der Waals surface area (Å²) in [5.41, 5.74) is 1.38. The summed E-state index contributed by atoms with van der Waals surface area (Å²) >= 11 is 0. The zero-order chi connectivity index (χ0) is 19.4. The van der Waals surface area contributed by atoms with E-state index in [0.29, 0.717) is 12.0 Å². The molecule has 0 amide bonds. The minimum atomic E-state index is -1.58. The van der Waals surface area contributed by atoms with Gasteiger partial charge in [0, 0.05) is 6.07 Å². The molecule has 6 heteroatoms. The van der Waals surface area contributed by atoms with Crippen molar-refractivity contribution in [1.29, 1.82) is 0 Å². The second kappa shape index (κ2) is 8.55. The van der Waals surface area contributed by atoms with Gasteiger partial charge in [0.2, 0.25) is 0 Å². The number of rotatable bonds is 5. The van der Waals surface area contributed by atoms with E-state index in [-0.39, 0.29) is 5.56 Å². The van der Waals surface area contributed by atoms with Gasteiger partial charge < -0.3 is 4.74 Å². The Kier molecular flexibility index (Phi) is 6.14. The predicted molar refractivity (Wildman–Crippen MR) is 95.1 cm³/mol. The molecule has 0 aliphatic heterocycles. The van der Waals surface area contributed by atoms with E-state index in [1.165, 1.54) is 31.2 Å². The summed E-state index contributed by atoms with van der Waals surface area (Å²) in [6.45, 7) is 2.21. The molecule has 27 heavy (non-hydrogen) atoms. The van der Waals surface area contributed by atoms with Gasteiger partial charge in [0.05, 0.1) is 5.56 Å². The number of nitrogens with zero attached hydrogens (tertiary/aromatic N) is 1. The standard InChI is InChI=1S/C21H22F3NO2/c1-2-3-13-4-6-14(7-5-13)15-8-10-16(11-9-15)21(26)27-18-12-17(22)19(23)25-20(18)24/h8-14H,2-7H2,1H3. The van der Waals surface area contributed by atoms with E-state index in [1.807, 2.05) is 12.1 Å². The maximum atomic E-state index is 13.5. The zero-order valence-corrected chi connectivity index (χ0v) is 15.2. The molecular weight excluding hydrogens is 355 g/mol. The lowest BCUT2D eigenvalue weighted by molar-refractivity contribution is 0.0724. The Morgan fingerprint density at radius 2 is 1.74 bits per heavy atom. The third-order valence-electron chi connectivity index (χ3n) is 5.22. The van der Waals surface area contributed by atoms with E-state index >= 15 is 0 Å². The van der Waals surface area contributed by atoms with Gasteiger partial charge in [-0.05, 0) is 55.2 Å². The Morgan fingerprint density at radius 3 is 2.37 bits per heavy atom. The van der Waals surface area contributed by atoms with Crippen LogP contribution in [0.1, 0.15) is 67.3 Å². The van der Waals surface area contributed by atoms with Crippen LogP contribution in [-0.4, -0.2) is 11.0 Å². The SMILES string of the molecule is CCCC1CCC(c2ccc(C(=O)Oc3cc(F)c(F)nc3F)cc2)CC1. The lowest BCUT2D eigenvalue weighted by Gasteiger charge is -2.28. The molecule has 1 aliphatic carbocycles. The Balaban J connectivity index is 1.63. The van der Waals surface area contributed by atoms with E-state index in [4.69, 9.17) is 4.74 Å². The highest BCUT2D eigenvalue weighted by molar-refractivity contribution is 5.91. The first-order valence-electron chi connectivity index (χ1n) is 9.31. The van der Waals surface area contributed by atoms with Crippen LogP contribution in [0.5, 0.6) is 5.75 Å². The van der Waals surface area contributed by atoms with Gasteiger partial charge in [0.25, 0.3) is 11.9 Å². The summed E-state index contributed by atoms with van der Waals surface area (Å²) in [7, 11) is 0. The number of aromatic nitrogens is 1. The van der Waals surface area contributed by atoms with Crippen molar-refractivity contribution in [3.05, 3.63) is 59.2 Å². The van der Waals surface area contributed by atoms with Crippen molar-refractivity contribution in [1.82, 2.24) is 4.98 Å². The highest BCUT2D eigenvalue weighted by atomic mass is 19.2. The Labute approximate surface area is 156 Å². The fourth-order valence-corrected chi connectivity index (χ4v) is 3.74. The normalized spacial score (nSPS) is 19.7. The highest BCUT2D eigenvalue weighted by Crippen LogP contribution is 2.37. The van der Waals surface area contributed by atoms with E-state index in [0.717, 1.165) is 18.8 Å². The Hall–Kier alpha value is -2.37. The van der Waals surface area contributed by atoms with Crippen LogP contribution in [0.25, 0.3) is 0 Å². The first kappa shape index (κ1) is 19.4. The molecule has 3 rings (SSSR count). The van der Waals surface area contributed by atoms with E-state index < -0.39 is 29.4 Å². The number of pyridine rings is 1. The van der Waals surface area contributed by atoms with E-state index in [2.05, 4.69) is 11.9 Å². The van der Waals surface area contributed by atoms with Gasteiger partial charge in [0.1, 0.15) is 0 Å². The maximum absolute atomic E-state index is 13.5. The first-order valence-corrected chi connectivity index (χ1v) is 9.31. The fraction of sp³-hybridized carbons (Fsp3) is 0.429. The minimum Gasteiger partial charge on any atom is -0.418 e. The summed E-state index contributed by atoms with van der Waals surface area (Å²) in [6, 6.07) is 7.45. The molecule has 3 nitrogen and oxygen atoms in total. The quantitative estimate of drug-likeness (QED) is 0.489. The second-order valence-corrected chi connectivity index (χ2v) is 7.07. The van der Waals surface area contributed by atoms with Crippen LogP contribution in [0.15, 0.2) is 30.3 Å². The summed E-state index contributed by atoms with van der Waals surface area (Å²) < 4.78 is 44.3. The molecule has 0 radical (unpaired) electrons. The summed E-state index contributed by atoms with van der Waals surface area (Å²) in [5.74, 6) is -4.62. The molecular formula is C21H22F3NO2. The topological polar surface area (TPSA) is 39.2 Å². The molecule has 144 valence electrons. The van der Waals surface area contributed by atoms with Crippen LogP contribution in [0.4, 0.5) is 13.2 Å². The molecule has 2 aromatic rings. The smallest absolute Gasteiger partial charge is 0.343 e. The first-order chi connectivity index (χ1) is 13.0. The van der Waals surface area contributed by atoms with Crippen LogP contribution >= 0.6 is 0 Å². The molecule has 0 atom stereocenters. The molecule has 0 unspecified atom stereocenters. The van der Waals surface area contributed by atoms with Gasteiger partial charge in [-0.1, -0.05) is 31.9 Å². The molecule has 0 saturated heterocycles. The van der Waals surface area contributed by atoms with Crippen LogP contribution in [0, 0.1) is 23.6 Å². The number of ether oxygens (including phenoxy) is 1. The Bertz CT molecular complexity index is 800. The van der Waals surface area contributed by atoms with Crippen molar-refractivity contribution in [3.8, 4) is 5.75 Å². The van der Waals surface area contributed by atoms with Crippen LogP contribution in [-0.2, 0) is 0 Å². The van der Waals surface area contributed by atoms with Gasteiger partial charge in [-0.2, -0.15) is 13.8 Å². The van der Waals surface area contributed by atoms with Crippen LogP contribution in [0.2, 0.25) is 0 Å². The average Bonchev–Trinajstić information content (AvgIpc) is 2.67. The van der Waals surface area contributed by atoms with Gasteiger partial charge >= 0.3 is 5.97 Å². The number of benzene rings is 1. The summed E-state index contributed by atoms with van der Waals surface area (Å²) in [4.78, 5) is 14.9. The Morgan fingerprint density at radius 1 is 1.07 bits per heavy atom. The van der Waals surface area contributed by atoms with Crippen molar-refractivity contribution in [2.24, 2.45) is 5.92 Å². The van der Waals surface area contributed by atoms with Crippen molar-refractivity contribution < 1.29 is 22.7 Å². The average molecular weight is 377 g/mol. The third kappa shape index (κ3) is 4.67. The number of hydrogen-bond acceptors (Lipinski definition) is 3. The van der Waals surface area contributed by atoms with E-state index in [1.54, 1.807) is 12.1 Å². The molecule has 1 fully saturated rings. The number of carbonyl (C=O) groups is 1. The van der Waals surface area contributed by atoms with Gasteiger partial charge in [0.15, 0.2) is 11.6 Å². The number of halogens is 3. The largest absolute Gasteiger partial charge is 0.418 e. The second-order valence-electron chi connectivity index (χ2n) is 7.07. The number of hydrogen-bond donors (Lipinski definition) is 0. The van der Waals surface area contributed by atoms with Crippen molar-refractivity contribution in [3.63, 3.8) is 0 Å². The molecule has 1 saturated carbocycles. The van der Waals surface area contributed by atoms with E-state index in [9.17, 15) is 18.0 Å². The zero-order valence-electron chi connectivity index (χ0n) is 15.2. The maximum Gasteiger partial charge on any atom is 0.343 e. The van der Waals surface area contributed by atoms with Crippen LogP contribution < -0.4 is 4.74 Å². The fourth-order valence-electron chi connectivity index (χ4n) is 3.74. The number of esters is 1. The summed E-state index contributed by atoms with van der Waals surface area (Å²) in [5, 5.41) is 0. The van der Waals surface area contributed by atoms with Crippen molar-refractivity contribution >= 4 is 5.97 Å². The minimum absolute atomic E-state index is 0.211. The predicted octanol–water partition coefficient (Wildman–Crippen LogP) is 5.79. The van der Waals surface area contributed by atoms with Crippen molar-refractivity contribution in [2.75, 3.05) is 0 Å². The number of carbonyl (C=O) groups excluding carboxylic acids is 1. The summed E-state index contributed by atoms with van der Waals surface area (Å²) in [6.07, 6.45) is 7.24. The molecule has 1 aromatic carbocycles. The monoisotopic (exact) mass is 377 g/mol. The highest BCUT2D eigenvalue weighted by Gasteiger charge is 2.22. The van der Waals surface area contributed by atoms with Crippen LogP contribution in [0.3, 0.4) is 0 Å². The lowest BCUT2D eigenvalue weighted by Crippen LogP contribution is -2.14.